The van der Waals surface area contributed by atoms with Crippen LogP contribution in [0.5, 0.6) is 0 Å². The van der Waals surface area contributed by atoms with Crippen LogP contribution in [-0.2, 0) is 14.6 Å². The smallest absolute Gasteiger partial charge is 0.175 e. The maximum Gasteiger partial charge on any atom is 0.175 e. The van der Waals surface area contributed by atoms with Gasteiger partial charge < -0.3 is 10.1 Å². The quantitative estimate of drug-likeness (QED) is 0.819. The zero-order valence-corrected chi connectivity index (χ0v) is 15.1. The summed E-state index contributed by atoms with van der Waals surface area (Å²) in [5.74, 6) is 0.561. The Morgan fingerprint density at radius 2 is 1.78 bits per heavy atom. The van der Waals surface area contributed by atoms with E-state index in [1.165, 1.54) is 6.26 Å². The zero-order valence-electron chi connectivity index (χ0n) is 14.3. The maximum atomic E-state index is 11.5. The van der Waals surface area contributed by atoms with Crippen molar-refractivity contribution in [1.82, 2.24) is 10.2 Å². The Kier molecular flexibility index (Phi) is 6.59. The van der Waals surface area contributed by atoms with E-state index in [4.69, 9.17) is 4.74 Å². The number of nitrogens with zero attached hydrogens (tertiary/aromatic N) is 1. The molecule has 1 saturated heterocycles. The SMILES string of the molecule is C[C@H](CN[C@@H](C)c1ccc(S(C)(=O)=O)cc1)CN1CCOCC1. The third-order valence-electron chi connectivity index (χ3n) is 4.25. The van der Waals surface area contributed by atoms with Crippen LogP contribution in [0.15, 0.2) is 29.2 Å². The van der Waals surface area contributed by atoms with Crippen molar-refractivity contribution in [2.45, 2.75) is 24.8 Å². The van der Waals surface area contributed by atoms with Gasteiger partial charge in [-0.2, -0.15) is 0 Å². The molecule has 1 aliphatic rings. The van der Waals surface area contributed by atoms with Gasteiger partial charge >= 0.3 is 0 Å². The lowest BCUT2D eigenvalue weighted by Crippen LogP contribution is -2.41. The Hall–Kier alpha value is -0.950. The molecule has 1 aromatic rings. The number of ether oxygens (including phenoxy) is 1. The summed E-state index contributed by atoms with van der Waals surface area (Å²) in [7, 11) is -3.12. The second kappa shape index (κ2) is 8.24. The highest BCUT2D eigenvalue weighted by Gasteiger charge is 2.15. The normalized spacial score (nSPS) is 19.4. The van der Waals surface area contributed by atoms with Crippen LogP contribution in [0.2, 0.25) is 0 Å². The van der Waals surface area contributed by atoms with E-state index in [-0.39, 0.29) is 6.04 Å². The van der Waals surface area contributed by atoms with Crippen LogP contribution in [0, 0.1) is 5.92 Å². The fraction of sp³-hybridized carbons (Fsp3) is 0.647. The molecule has 5 nitrogen and oxygen atoms in total. The highest BCUT2D eigenvalue weighted by molar-refractivity contribution is 7.90. The number of nitrogens with one attached hydrogen (secondary N) is 1. The van der Waals surface area contributed by atoms with Crippen molar-refractivity contribution in [3.8, 4) is 0 Å². The Balaban J connectivity index is 1.80. The van der Waals surface area contributed by atoms with Gasteiger partial charge in [-0.15, -0.1) is 0 Å². The van der Waals surface area contributed by atoms with Gasteiger partial charge in [-0.25, -0.2) is 8.42 Å². The highest BCUT2D eigenvalue weighted by atomic mass is 32.2. The van der Waals surface area contributed by atoms with Crippen LogP contribution in [-0.4, -0.2) is 59.0 Å². The summed E-state index contributed by atoms with van der Waals surface area (Å²) in [4.78, 5) is 2.82. The minimum Gasteiger partial charge on any atom is -0.379 e. The third kappa shape index (κ3) is 5.88. The van der Waals surface area contributed by atoms with E-state index in [1.54, 1.807) is 12.1 Å². The lowest BCUT2D eigenvalue weighted by molar-refractivity contribution is 0.0317. The topological polar surface area (TPSA) is 58.6 Å². The monoisotopic (exact) mass is 340 g/mol. The van der Waals surface area contributed by atoms with Gasteiger partial charge in [0.1, 0.15) is 0 Å². The Labute approximate surface area is 139 Å². The molecule has 6 heteroatoms. The van der Waals surface area contributed by atoms with Crippen molar-refractivity contribution in [2.24, 2.45) is 5.92 Å². The minimum atomic E-state index is -3.12. The second-order valence-corrected chi connectivity index (χ2v) is 8.51. The van der Waals surface area contributed by atoms with E-state index in [0.29, 0.717) is 10.8 Å². The van der Waals surface area contributed by atoms with Gasteiger partial charge in [0.2, 0.25) is 0 Å². The number of benzene rings is 1. The van der Waals surface area contributed by atoms with Crippen LogP contribution in [0.4, 0.5) is 0 Å². The largest absolute Gasteiger partial charge is 0.379 e. The molecule has 130 valence electrons. The van der Waals surface area contributed by atoms with Crippen LogP contribution >= 0.6 is 0 Å². The first-order chi connectivity index (χ1) is 10.9. The Bertz CT molecular complexity index is 580. The summed E-state index contributed by atoms with van der Waals surface area (Å²) in [6, 6.07) is 7.34. The molecule has 0 unspecified atom stereocenters. The molecule has 0 amide bonds. The summed E-state index contributed by atoms with van der Waals surface area (Å²) in [6.07, 6.45) is 1.23. The first kappa shape index (κ1) is 18.4. The molecule has 1 aliphatic heterocycles. The van der Waals surface area contributed by atoms with Gasteiger partial charge in [-0.3, -0.25) is 4.90 Å². The van der Waals surface area contributed by atoms with Gasteiger partial charge in [-0.05, 0) is 37.1 Å². The minimum absolute atomic E-state index is 0.204. The van der Waals surface area contributed by atoms with Crippen molar-refractivity contribution in [3.63, 3.8) is 0 Å². The Morgan fingerprint density at radius 1 is 1.17 bits per heavy atom. The van der Waals surface area contributed by atoms with E-state index >= 15 is 0 Å². The number of rotatable bonds is 7. The van der Waals surface area contributed by atoms with Crippen LogP contribution in [0.1, 0.15) is 25.5 Å². The number of morpholine rings is 1. The number of hydrogen-bond acceptors (Lipinski definition) is 5. The average molecular weight is 340 g/mol. The van der Waals surface area contributed by atoms with E-state index in [1.807, 2.05) is 12.1 Å². The number of hydrogen-bond donors (Lipinski definition) is 1. The van der Waals surface area contributed by atoms with Crippen molar-refractivity contribution in [3.05, 3.63) is 29.8 Å². The zero-order chi connectivity index (χ0) is 16.9. The lowest BCUT2D eigenvalue weighted by atomic mass is 10.1. The van der Waals surface area contributed by atoms with E-state index in [0.717, 1.165) is 45.0 Å². The van der Waals surface area contributed by atoms with Crippen molar-refractivity contribution < 1.29 is 13.2 Å². The van der Waals surface area contributed by atoms with Gasteiger partial charge in [0.15, 0.2) is 9.84 Å². The predicted molar refractivity (Wildman–Crippen MR) is 92.4 cm³/mol. The van der Waals surface area contributed by atoms with Crippen LogP contribution in [0.3, 0.4) is 0 Å². The van der Waals surface area contributed by atoms with Crippen LogP contribution < -0.4 is 5.32 Å². The molecule has 2 rings (SSSR count). The molecule has 1 aromatic carbocycles. The lowest BCUT2D eigenvalue weighted by Gasteiger charge is -2.29. The number of sulfone groups is 1. The molecule has 0 spiro atoms. The molecule has 0 aromatic heterocycles. The molecule has 0 bridgehead atoms. The van der Waals surface area contributed by atoms with Gasteiger partial charge in [0.25, 0.3) is 0 Å². The molecule has 0 aliphatic carbocycles. The molecular weight excluding hydrogens is 312 g/mol. The molecule has 1 fully saturated rings. The fourth-order valence-corrected chi connectivity index (χ4v) is 3.42. The van der Waals surface area contributed by atoms with Gasteiger partial charge in [0.05, 0.1) is 18.1 Å². The molecule has 23 heavy (non-hydrogen) atoms. The summed E-state index contributed by atoms with van der Waals surface area (Å²) in [6.45, 7) is 10.1. The average Bonchev–Trinajstić information content (AvgIpc) is 2.53. The summed E-state index contributed by atoms with van der Waals surface area (Å²) >= 11 is 0. The van der Waals surface area contributed by atoms with Crippen molar-refractivity contribution in [2.75, 3.05) is 45.6 Å². The summed E-state index contributed by atoms with van der Waals surface area (Å²) < 4.78 is 28.3. The van der Waals surface area contributed by atoms with E-state index < -0.39 is 9.84 Å². The first-order valence-corrected chi connectivity index (χ1v) is 10.1. The molecule has 1 heterocycles. The Morgan fingerprint density at radius 3 is 2.35 bits per heavy atom. The first-order valence-electron chi connectivity index (χ1n) is 8.20. The van der Waals surface area contributed by atoms with Crippen LogP contribution in [0.25, 0.3) is 0 Å². The molecule has 0 saturated carbocycles. The molecular formula is C17H28N2O3S. The predicted octanol–water partition coefficient (Wildman–Crippen LogP) is 1.71. The van der Waals surface area contributed by atoms with Gasteiger partial charge in [-0.1, -0.05) is 19.1 Å². The van der Waals surface area contributed by atoms with Crippen molar-refractivity contribution >= 4 is 9.84 Å². The standard InChI is InChI=1S/C17H28N2O3S/c1-14(13-19-8-10-22-11-9-19)12-18-15(2)16-4-6-17(7-5-16)23(3,20)21/h4-7,14-15,18H,8-13H2,1-3H3/t14-,15+/m1/s1. The maximum absolute atomic E-state index is 11.5. The second-order valence-electron chi connectivity index (χ2n) is 6.49. The summed E-state index contributed by atoms with van der Waals surface area (Å²) in [5.41, 5.74) is 1.11. The fourth-order valence-electron chi connectivity index (χ4n) is 2.79. The van der Waals surface area contributed by atoms with Crippen molar-refractivity contribution in [1.29, 1.82) is 0 Å². The van der Waals surface area contributed by atoms with Gasteiger partial charge in [0, 0.05) is 31.9 Å². The summed E-state index contributed by atoms with van der Waals surface area (Å²) in [5, 5.41) is 3.54. The molecule has 2 atom stereocenters. The molecule has 0 radical (unpaired) electrons. The van der Waals surface area contributed by atoms with E-state index in [9.17, 15) is 8.42 Å². The highest BCUT2D eigenvalue weighted by Crippen LogP contribution is 2.16. The third-order valence-corrected chi connectivity index (χ3v) is 5.38. The van der Waals surface area contributed by atoms with E-state index in [2.05, 4.69) is 24.1 Å². The molecule has 1 N–H and O–H groups in total.